The number of carbonyl (C=O) groups excluding carboxylic acids is 1. The molecular formula is C20H22N6O3S. The number of benzene rings is 2. The Kier molecular flexibility index (Phi) is 6.60. The first-order chi connectivity index (χ1) is 14.4. The lowest BCUT2D eigenvalue weighted by Crippen LogP contribution is -2.18. The molecule has 0 saturated carbocycles. The molecule has 4 N–H and O–H groups in total. The van der Waals surface area contributed by atoms with Gasteiger partial charge in [-0.2, -0.15) is 0 Å². The van der Waals surface area contributed by atoms with E-state index in [9.17, 15) is 13.2 Å². The van der Waals surface area contributed by atoms with Crippen molar-refractivity contribution in [3.8, 4) is 0 Å². The second-order valence-electron chi connectivity index (χ2n) is 6.26. The topological polar surface area (TPSA) is 125 Å². The first kappa shape index (κ1) is 21.2. The monoisotopic (exact) mass is 426 g/mol. The van der Waals surface area contributed by atoms with Crippen LogP contribution in [0.3, 0.4) is 0 Å². The number of carbonyl (C=O) groups is 1. The van der Waals surface area contributed by atoms with E-state index in [1.165, 1.54) is 25.5 Å². The SMILES string of the molecule is CCC(=O)Nc1cccc(Nc2cc(Nc3cccc(S(=O)(=O)NC)c3)ncn2)c1. The molecule has 0 radical (unpaired) electrons. The van der Waals surface area contributed by atoms with Crippen LogP contribution in [-0.4, -0.2) is 31.3 Å². The molecule has 0 atom stereocenters. The number of anilines is 5. The Morgan fingerprint density at radius 2 is 1.50 bits per heavy atom. The fraction of sp³-hybridized carbons (Fsp3) is 0.150. The van der Waals surface area contributed by atoms with E-state index in [0.29, 0.717) is 29.4 Å². The molecule has 0 saturated heterocycles. The number of hydrogen-bond donors (Lipinski definition) is 4. The molecule has 1 aromatic heterocycles. The Balaban J connectivity index is 1.75. The predicted molar refractivity (Wildman–Crippen MR) is 117 cm³/mol. The first-order valence-corrected chi connectivity index (χ1v) is 10.7. The highest BCUT2D eigenvalue weighted by molar-refractivity contribution is 7.89. The molecule has 9 nitrogen and oxygen atoms in total. The molecule has 1 amide bonds. The molecule has 10 heteroatoms. The van der Waals surface area contributed by atoms with E-state index in [1.54, 1.807) is 37.3 Å². The maximum atomic E-state index is 12.0. The number of rotatable bonds is 8. The highest BCUT2D eigenvalue weighted by Gasteiger charge is 2.11. The van der Waals surface area contributed by atoms with Crippen molar-refractivity contribution < 1.29 is 13.2 Å². The summed E-state index contributed by atoms with van der Waals surface area (Å²) in [4.78, 5) is 20.1. The van der Waals surface area contributed by atoms with Gasteiger partial charge < -0.3 is 16.0 Å². The average Bonchev–Trinajstić information content (AvgIpc) is 2.74. The van der Waals surface area contributed by atoms with E-state index in [1.807, 2.05) is 12.1 Å². The van der Waals surface area contributed by atoms with Crippen LogP contribution in [0.5, 0.6) is 0 Å². The Hall–Kier alpha value is -3.50. The van der Waals surface area contributed by atoms with Gasteiger partial charge >= 0.3 is 0 Å². The molecule has 156 valence electrons. The van der Waals surface area contributed by atoms with E-state index < -0.39 is 10.0 Å². The maximum absolute atomic E-state index is 12.0. The third-order valence-corrected chi connectivity index (χ3v) is 5.50. The molecule has 3 aromatic rings. The van der Waals surface area contributed by atoms with Gasteiger partial charge in [0.25, 0.3) is 0 Å². The van der Waals surface area contributed by atoms with Crippen LogP contribution in [0.4, 0.5) is 28.7 Å². The van der Waals surface area contributed by atoms with E-state index in [4.69, 9.17) is 0 Å². The molecule has 0 aliphatic carbocycles. The molecule has 0 aliphatic heterocycles. The van der Waals surface area contributed by atoms with Crippen molar-refractivity contribution in [3.05, 3.63) is 60.9 Å². The second kappa shape index (κ2) is 9.33. The standard InChI is InChI=1S/C20H22N6O3S/c1-3-20(27)26-15-7-4-6-14(10-15)24-18-12-19(23-13-22-18)25-16-8-5-9-17(11-16)30(28,29)21-2/h4-13,21H,3H2,1-2H3,(H,26,27)(H2,22,23,24,25). The molecule has 0 spiro atoms. The number of hydrogen-bond acceptors (Lipinski definition) is 7. The summed E-state index contributed by atoms with van der Waals surface area (Å²) in [7, 11) is -2.18. The van der Waals surface area contributed by atoms with Gasteiger partial charge in [0.1, 0.15) is 18.0 Å². The minimum absolute atomic E-state index is 0.0665. The van der Waals surface area contributed by atoms with E-state index in [2.05, 4.69) is 30.6 Å². The Labute approximate surface area is 175 Å². The second-order valence-corrected chi connectivity index (χ2v) is 8.14. The van der Waals surface area contributed by atoms with E-state index in [-0.39, 0.29) is 10.8 Å². The fourth-order valence-electron chi connectivity index (χ4n) is 2.57. The van der Waals surface area contributed by atoms with Gasteiger partial charge in [0.2, 0.25) is 15.9 Å². The quantitative estimate of drug-likeness (QED) is 0.436. The molecule has 0 unspecified atom stereocenters. The van der Waals surface area contributed by atoms with Crippen LogP contribution in [0, 0.1) is 0 Å². The van der Waals surface area contributed by atoms with E-state index in [0.717, 1.165) is 5.69 Å². The molecule has 1 heterocycles. The third-order valence-electron chi connectivity index (χ3n) is 4.09. The van der Waals surface area contributed by atoms with Gasteiger partial charge in [0.05, 0.1) is 4.90 Å². The smallest absolute Gasteiger partial charge is 0.240 e. The van der Waals surface area contributed by atoms with Gasteiger partial charge in [-0.1, -0.05) is 19.1 Å². The highest BCUT2D eigenvalue weighted by atomic mass is 32.2. The van der Waals surface area contributed by atoms with Gasteiger partial charge in [-0.3, -0.25) is 4.79 Å². The third kappa shape index (κ3) is 5.52. The van der Waals surface area contributed by atoms with Crippen molar-refractivity contribution in [2.45, 2.75) is 18.2 Å². The van der Waals surface area contributed by atoms with Gasteiger partial charge in [0.15, 0.2) is 0 Å². The van der Waals surface area contributed by atoms with Crippen LogP contribution in [0.1, 0.15) is 13.3 Å². The van der Waals surface area contributed by atoms with Crippen molar-refractivity contribution in [1.29, 1.82) is 0 Å². The molecule has 0 fully saturated rings. The number of sulfonamides is 1. The molecule has 0 bridgehead atoms. The summed E-state index contributed by atoms with van der Waals surface area (Å²) in [6.07, 6.45) is 1.79. The summed E-state index contributed by atoms with van der Waals surface area (Å²) in [5.41, 5.74) is 2.00. The average molecular weight is 427 g/mol. The van der Waals surface area contributed by atoms with Crippen molar-refractivity contribution >= 4 is 44.6 Å². The summed E-state index contributed by atoms with van der Waals surface area (Å²) in [5.74, 6) is 0.954. The first-order valence-electron chi connectivity index (χ1n) is 9.19. The number of nitrogens with one attached hydrogen (secondary N) is 4. The molecule has 0 aliphatic rings. The Morgan fingerprint density at radius 1 is 0.900 bits per heavy atom. The summed E-state index contributed by atoms with van der Waals surface area (Å²) in [5, 5.41) is 9.04. The normalized spacial score (nSPS) is 11.0. The molecule has 2 aromatic carbocycles. The molecule has 30 heavy (non-hydrogen) atoms. The minimum atomic E-state index is -3.54. The molecular weight excluding hydrogens is 404 g/mol. The van der Waals surface area contributed by atoms with Crippen LogP contribution in [0.2, 0.25) is 0 Å². The maximum Gasteiger partial charge on any atom is 0.240 e. The Morgan fingerprint density at radius 3 is 2.13 bits per heavy atom. The van der Waals surface area contributed by atoms with Gasteiger partial charge in [-0.05, 0) is 43.4 Å². The summed E-state index contributed by atoms with van der Waals surface area (Å²) in [6, 6.07) is 15.4. The largest absolute Gasteiger partial charge is 0.340 e. The van der Waals surface area contributed by atoms with E-state index >= 15 is 0 Å². The predicted octanol–water partition coefficient (Wildman–Crippen LogP) is 3.22. The van der Waals surface area contributed by atoms with Crippen LogP contribution in [0.15, 0.2) is 65.8 Å². The van der Waals surface area contributed by atoms with Crippen LogP contribution in [-0.2, 0) is 14.8 Å². The number of aromatic nitrogens is 2. The summed E-state index contributed by atoms with van der Waals surface area (Å²) in [6.45, 7) is 1.79. The van der Waals surface area contributed by atoms with Crippen molar-refractivity contribution in [2.24, 2.45) is 0 Å². The Bertz CT molecular complexity index is 1150. The van der Waals surface area contributed by atoms with Crippen molar-refractivity contribution in [3.63, 3.8) is 0 Å². The van der Waals surface area contributed by atoms with Gasteiger partial charge in [-0.25, -0.2) is 23.1 Å². The van der Waals surface area contributed by atoms with Crippen LogP contribution < -0.4 is 20.7 Å². The van der Waals surface area contributed by atoms with Crippen molar-refractivity contribution in [1.82, 2.24) is 14.7 Å². The molecule has 3 rings (SSSR count). The van der Waals surface area contributed by atoms with Gasteiger partial charge in [-0.15, -0.1) is 0 Å². The lowest BCUT2D eigenvalue weighted by atomic mass is 10.2. The highest BCUT2D eigenvalue weighted by Crippen LogP contribution is 2.23. The summed E-state index contributed by atoms with van der Waals surface area (Å²) >= 11 is 0. The van der Waals surface area contributed by atoms with Gasteiger partial charge in [0, 0.05) is 29.5 Å². The summed E-state index contributed by atoms with van der Waals surface area (Å²) < 4.78 is 26.2. The lowest BCUT2D eigenvalue weighted by Gasteiger charge is -2.11. The number of nitrogens with zero attached hydrogens (tertiary/aromatic N) is 2. The van der Waals surface area contributed by atoms with Crippen molar-refractivity contribution in [2.75, 3.05) is 23.0 Å². The minimum Gasteiger partial charge on any atom is -0.340 e. The fourth-order valence-corrected chi connectivity index (χ4v) is 3.35. The van der Waals surface area contributed by atoms with Crippen LogP contribution >= 0.6 is 0 Å². The zero-order valence-electron chi connectivity index (χ0n) is 16.5. The number of amides is 1. The van der Waals surface area contributed by atoms with Crippen LogP contribution in [0.25, 0.3) is 0 Å². The zero-order valence-corrected chi connectivity index (χ0v) is 17.3. The lowest BCUT2D eigenvalue weighted by molar-refractivity contribution is -0.115. The zero-order chi connectivity index (χ0) is 21.6.